The van der Waals surface area contributed by atoms with Crippen molar-refractivity contribution in [3.05, 3.63) is 0 Å². The Bertz CT molecular complexity index is 387. The number of hydrogen-bond acceptors (Lipinski definition) is 4. The Kier molecular flexibility index (Phi) is 4.71. The second-order valence-corrected chi connectivity index (χ2v) is 4.83. The first-order valence-corrected chi connectivity index (χ1v) is 5.95. The van der Waals surface area contributed by atoms with Crippen LogP contribution < -0.4 is 10.6 Å². The molecule has 4 N–H and O–H groups in total. The van der Waals surface area contributed by atoms with E-state index in [0.717, 1.165) is 0 Å². The van der Waals surface area contributed by atoms with Crippen LogP contribution in [-0.2, 0) is 9.59 Å². The molecule has 0 aromatic heterocycles. The lowest BCUT2D eigenvalue weighted by atomic mass is 9.89. The van der Waals surface area contributed by atoms with E-state index in [1.165, 1.54) is 11.9 Å². The maximum atomic E-state index is 11.8. The molecule has 0 aliphatic carbocycles. The van der Waals surface area contributed by atoms with E-state index in [1.54, 1.807) is 6.92 Å². The van der Waals surface area contributed by atoms with Crippen LogP contribution in [0, 0.1) is 5.41 Å². The van der Waals surface area contributed by atoms with Crippen LogP contribution >= 0.6 is 0 Å². The highest BCUT2D eigenvalue weighted by atomic mass is 16.4. The van der Waals surface area contributed by atoms with E-state index in [2.05, 4.69) is 10.6 Å². The first kappa shape index (κ1) is 15.2. The Hall–Kier alpha value is -1.83. The third-order valence-electron chi connectivity index (χ3n) is 3.31. The van der Waals surface area contributed by atoms with E-state index in [1.807, 2.05) is 0 Å². The smallest absolute Gasteiger partial charge is 0.328 e. The lowest BCUT2D eigenvalue weighted by Gasteiger charge is -2.23. The topological polar surface area (TPSA) is 119 Å². The molecule has 0 aromatic rings. The summed E-state index contributed by atoms with van der Waals surface area (Å²) in [6, 6.07) is -1.92. The average Bonchev–Trinajstić information content (AvgIpc) is 2.78. The number of carbonyl (C=O) groups excluding carboxylic acids is 2. The zero-order valence-corrected chi connectivity index (χ0v) is 11.0. The summed E-state index contributed by atoms with van der Waals surface area (Å²) in [5, 5.41) is 22.3. The molecule has 2 atom stereocenters. The number of aliphatic hydroxyl groups is 1. The number of carbonyl (C=O) groups is 3. The van der Waals surface area contributed by atoms with Crippen LogP contribution in [0.25, 0.3) is 0 Å². The molecule has 0 bridgehead atoms. The Morgan fingerprint density at radius 3 is 2.53 bits per heavy atom. The number of aliphatic carboxylic acids is 1. The molecule has 8 heteroatoms. The summed E-state index contributed by atoms with van der Waals surface area (Å²) in [5.41, 5.74) is -0.663. The molecule has 1 rings (SSSR count). The summed E-state index contributed by atoms with van der Waals surface area (Å²) >= 11 is 0. The van der Waals surface area contributed by atoms with Crippen molar-refractivity contribution in [2.24, 2.45) is 5.41 Å². The van der Waals surface area contributed by atoms with E-state index in [-0.39, 0.29) is 12.5 Å². The Morgan fingerprint density at radius 2 is 2.05 bits per heavy atom. The summed E-state index contributed by atoms with van der Waals surface area (Å²) in [6.45, 7) is 1.66. The molecule has 0 spiro atoms. The Balaban J connectivity index is 2.62. The zero-order valence-electron chi connectivity index (χ0n) is 11.0. The largest absolute Gasteiger partial charge is 0.480 e. The Morgan fingerprint density at radius 1 is 1.42 bits per heavy atom. The van der Waals surface area contributed by atoms with Gasteiger partial charge in [-0.3, -0.25) is 4.79 Å². The van der Waals surface area contributed by atoms with Crippen molar-refractivity contribution < 1.29 is 24.6 Å². The summed E-state index contributed by atoms with van der Waals surface area (Å²) in [4.78, 5) is 35.6. The highest BCUT2D eigenvalue weighted by Gasteiger charge is 2.42. The highest BCUT2D eigenvalue weighted by Crippen LogP contribution is 2.29. The molecule has 1 saturated heterocycles. The highest BCUT2D eigenvalue weighted by molar-refractivity contribution is 5.86. The standard InChI is InChI=1S/C11H19N3O5/c1-11(9(18)12-2)3-4-14(6-11)10(19)13-7(5-15)8(16)17/h7,15H,3-6H2,1-2H3,(H,12,18)(H,13,19)(H,16,17). The van der Waals surface area contributed by atoms with Gasteiger partial charge in [0.15, 0.2) is 6.04 Å². The second kappa shape index (κ2) is 5.87. The quantitative estimate of drug-likeness (QED) is 0.502. The predicted octanol–water partition coefficient (Wildman–Crippen LogP) is -1.40. The summed E-state index contributed by atoms with van der Waals surface area (Å²) in [6.07, 6.45) is 0.511. The fraction of sp³-hybridized carbons (Fsp3) is 0.727. The van der Waals surface area contributed by atoms with Crippen molar-refractivity contribution >= 4 is 17.9 Å². The molecule has 108 valence electrons. The molecule has 3 amide bonds. The number of rotatable bonds is 4. The van der Waals surface area contributed by atoms with Gasteiger partial charge in [0, 0.05) is 20.1 Å². The lowest BCUT2D eigenvalue weighted by Crippen LogP contribution is -2.50. The molecule has 1 aliphatic heterocycles. The van der Waals surface area contributed by atoms with Crippen LogP contribution in [0.1, 0.15) is 13.3 Å². The first-order chi connectivity index (χ1) is 8.84. The number of aliphatic hydroxyl groups excluding tert-OH is 1. The number of carboxylic acids is 1. The van der Waals surface area contributed by atoms with Crippen molar-refractivity contribution in [2.45, 2.75) is 19.4 Å². The third-order valence-corrected chi connectivity index (χ3v) is 3.31. The third kappa shape index (κ3) is 3.34. The van der Waals surface area contributed by atoms with Gasteiger partial charge in [-0.1, -0.05) is 0 Å². The SMILES string of the molecule is CNC(=O)C1(C)CCN(C(=O)NC(CO)C(=O)O)C1. The monoisotopic (exact) mass is 273 g/mol. The first-order valence-electron chi connectivity index (χ1n) is 5.95. The number of amides is 3. The van der Waals surface area contributed by atoms with E-state index in [4.69, 9.17) is 10.2 Å². The molecule has 1 heterocycles. The average molecular weight is 273 g/mol. The minimum Gasteiger partial charge on any atom is -0.480 e. The fourth-order valence-corrected chi connectivity index (χ4v) is 2.05. The predicted molar refractivity (Wildman–Crippen MR) is 65.4 cm³/mol. The molecule has 1 aliphatic rings. The van der Waals surface area contributed by atoms with Gasteiger partial charge in [-0.25, -0.2) is 9.59 Å². The minimum atomic E-state index is -1.33. The molecular formula is C11H19N3O5. The Labute approximate surface area is 110 Å². The van der Waals surface area contributed by atoms with Crippen LogP contribution in [0.2, 0.25) is 0 Å². The number of likely N-dealkylation sites (tertiary alicyclic amines) is 1. The van der Waals surface area contributed by atoms with Crippen molar-refractivity contribution in [3.8, 4) is 0 Å². The maximum absolute atomic E-state index is 11.8. The summed E-state index contributed by atoms with van der Waals surface area (Å²) < 4.78 is 0. The second-order valence-electron chi connectivity index (χ2n) is 4.83. The van der Waals surface area contributed by atoms with Crippen LogP contribution in [0.15, 0.2) is 0 Å². The van der Waals surface area contributed by atoms with E-state index in [9.17, 15) is 14.4 Å². The molecule has 8 nitrogen and oxygen atoms in total. The van der Waals surface area contributed by atoms with Crippen molar-refractivity contribution in [1.29, 1.82) is 0 Å². The molecule has 2 unspecified atom stereocenters. The molecule has 19 heavy (non-hydrogen) atoms. The number of nitrogens with zero attached hydrogens (tertiary/aromatic N) is 1. The summed E-state index contributed by atoms with van der Waals surface area (Å²) in [5.74, 6) is -1.45. The molecule has 0 saturated carbocycles. The molecule has 0 radical (unpaired) electrons. The van der Waals surface area contributed by atoms with Crippen LogP contribution in [0.3, 0.4) is 0 Å². The van der Waals surface area contributed by atoms with Gasteiger partial charge >= 0.3 is 12.0 Å². The maximum Gasteiger partial charge on any atom is 0.328 e. The van der Waals surface area contributed by atoms with Crippen LogP contribution in [0.4, 0.5) is 4.79 Å². The van der Waals surface area contributed by atoms with Gasteiger partial charge in [0.2, 0.25) is 5.91 Å². The minimum absolute atomic E-state index is 0.153. The lowest BCUT2D eigenvalue weighted by molar-refractivity contribution is -0.140. The molecule has 1 fully saturated rings. The fourth-order valence-electron chi connectivity index (χ4n) is 2.05. The van der Waals surface area contributed by atoms with E-state index < -0.39 is 30.1 Å². The van der Waals surface area contributed by atoms with Gasteiger partial charge < -0.3 is 25.7 Å². The number of carboxylic acid groups (broad SMARTS) is 1. The van der Waals surface area contributed by atoms with Crippen molar-refractivity contribution in [2.75, 3.05) is 26.7 Å². The van der Waals surface area contributed by atoms with Gasteiger partial charge in [0.1, 0.15) is 0 Å². The summed E-state index contributed by atoms with van der Waals surface area (Å²) in [7, 11) is 1.53. The van der Waals surface area contributed by atoms with Crippen molar-refractivity contribution in [1.82, 2.24) is 15.5 Å². The van der Waals surface area contributed by atoms with Gasteiger partial charge in [-0.15, -0.1) is 0 Å². The number of hydrogen-bond donors (Lipinski definition) is 4. The normalized spacial score (nSPS) is 23.8. The van der Waals surface area contributed by atoms with Gasteiger partial charge in [0.05, 0.1) is 12.0 Å². The van der Waals surface area contributed by atoms with Crippen molar-refractivity contribution in [3.63, 3.8) is 0 Å². The van der Waals surface area contributed by atoms with E-state index >= 15 is 0 Å². The zero-order chi connectivity index (χ0) is 14.6. The molecular weight excluding hydrogens is 254 g/mol. The van der Waals surface area contributed by atoms with Gasteiger partial charge in [-0.2, -0.15) is 0 Å². The molecule has 0 aromatic carbocycles. The van der Waals surface area contributed by atoms with Crippen LogP contribution in [-0.4, -0.2) is 65.8 Å². The van der Waals surface area contributed by atoms with Gasteiger partial charge in [0.25, 0.3) is 0 Å². The van der Waals surface area contributed by atoms with Crippen LogP contribution in [0.5, 0.6) is 0 Å². The number of nitrogens with one attached hydrogen (secondary N) is 2. The van der Waals surface area contributed by atoms with Gasteiger partial charge in [-0.05, 0) is 13.3 Å². The number of urea groups is 1. The van der Waals surface area contributed by atoms with E-state index in [0.29, 0.717) is 13.0 Å².